The number of nitrogens with zero attached hydrogens (tertiary/aromatic N) is 4. The number of fused-ring (bicyclic) bond motifs is 6. The Morgan fingerprint density at radius 3 is 1.21 bits per heavy atom. The molecule has 0 N–H and O–H groups in total. The van der Waals surface area contributed by atoms with Crippen LogP contribution in [0.1, 0.15) is 5.56 Å². The lowest BCUT2D eigenvalue weighted by Crippen LogP contribution is -2.16. The van der Waals surface area contributed by atoms with Crippen LogP contribution in [-0.2, 0) is 6.18 Å². The highest BCUT2D eigenvalue weighted by Crippen LogP contribution is 2.47. The number of aromatic nitrogens is 4. The molecule has 0 saturated carbocycles. The van der Waals surface area contributed by atoms with Crippen molar-refractivity contribution in [3.05, 3.63) is 230 Å². The van der Waals surface area contributed by atoms with Crippen LogP contribution in [-0.4, -0.2) is 19.1 Å². The van der Waals surface area contributed by atoms with Gasteiger partial charge in [0.1, 0.15) is 17.2 Å². The van der Waals surface area contributed by atoms with Crippen molar-refractivity contribution in [1.82, 2.24) is 19.1 Å². The van der Waals surface area contributed by atoms with Crippen molar-refractivity contribution in [3.8, 4) is 67.3 Å². The van der Waals surface area contributed by atoms with Gasteiger partial charge in [-0.3, -0.25) is 9.97 Å². The number of halogens is 5. The van der Waals surface area contributed by atoms with Crippen molar-refractivity contribution in [2.75, 3.05) is 0 Å². The standard InChI is InChI=1S/C59H35F5N4/c60-47-18-11-19-48(61)57(47)42-34-55(67-51-20-9-7-16-43(51)45-24-22-38(32-53(45)67)40-26-28-65-49(30-40)36-12-3-1-4-13-36)58(59(62,63)64)56(35-42)68-52-21-10-8-17-44(52)46-25-23-39(33-54(46)68)41-27-29-66-50(31-41)37-14-5-2-6-15-37/h1-35H. The van der Waals surface area contributed by atoms with Crippen molar-refractivity contribution in [3.63, 3.8) is 0 Å². The van der Waals surface area contributed by atoms with Crippen molar-refractivity contribution in [2.45, 2.75) is 6.18 Å². The Morgan fingerprint density at radius 2 is 0.750 bits per heavy atom. The Morgan fingerprint density at radius 1 is 0.338 bits per heavy atom. The predicted molar refractivity (Wildman–Crippen MR) is 263 cm³/mol. The number of rotatable bonds is 7. The molecular weight excluding hydrogens is 860 g/mol. The van der Waals surface area contributed by atoms with E-state index in [1.165, 1.54) is 18.2 Å². The number of hydrogen-bond acceptors (Lipinski definition) is 2. The van der Waals surface area contributed by atoms with Gasteiger partial charge in [-0.25, -0.2) is 8.78 Å². The van der Waals surface area contributed by atoms with Gasteiger partial charge in [0.25, 0.3) is 0 Å². The maximum absolute atomic E-state index is 16.7. The SMILES string of the molecule is Fc1cccc(F)c1-c1cc(-n2c3ccccc3c3ccc(-c4ccnc(-c5ccccc5)c4)cc32)c(C(F)(F)F)c(-n2c3ccccc3c3ccc(-c4ccnc(-c5ccccc5)c4)cc32)c1. The number of alkyl halides is 3. The zero-order valence-corrected chi connectivity index (χ0v) is 35.9. The molecule has 0 saturated heterocycles. The van der Waals surface area contributed by atoms with E-state index >= 15 is 22.0 Å². The second-order valence-electron chi connectivity index (χ2n) is 16.7. The molecule has 0 aliphatic carbocycles. The molecular formula is C59H35F5N4. The molecule has 0 atom stereocenters. The zero-order chi connectivity index (χ0) is 46.1. The maximum Gasteiger partial charge on any atom is 0.420 e. The van der Waals surface area contributed by atoms with E-state index in [-0.39, 0.29) is 16.9 Å². The van der Waals surface area contributed by atoms with Gasteiger partial charge < -0.3 is 9.13 Å². The van der Waals surface area contributed by atoms with Crippen LogP contribution in [0.25, 0.3) is 111 Å². The third-order valence-electron chi connectivity index (χ3n) is 12.8. The van der Waals surface area contributed by atoms with Crippen LogP contribution in [0.3, 0.4) is 0 Å². The Kier molecular flexibility index (Phi) is 9.62. The van der Waals surface area contributed by atoms with E-state index in [2.05, 4.69) is 9.97 Å². The van der Waals surface area contributed by atoms with Gasteiger partial charge in [-0.05, 0) is 101 Å². The molecule has 4 aromatic heterocycles. The summed E-state index contributed by atoms with van der Waals surface area (Å²) in [5.74, 6) is -1.82. The summed E-state index contributed by atoms with van der Waals surface area (Å²) >= 11 is 0. The summed E-state index contributed by atoms with van der Waals surface area (Å²) in [6.45, 7) is 0. The Bertz CT molecular complexity index is 3690. The summed E-state index contributed by atoms with van der Waals surface area (Å²) in [6.07, 6.45) is -1.56. The molecule has 9 heteroatoms. The topological polar surface area (TPSA) is 35.6 Å². The lowest BCUT2D eigenvalue weighted by molar-refractivity contribution is -0.137. The Labute approximate surface area is 386 Å². The average Bonchev–Trinajstić information content (AvgIpc) is 3.88. The molecule has 0 amide bonds. The number of hydrogen-bond donors (Lipinski definition) is 0. The Hall–Kier alpha value is -8.69. The summed E-state index contributed by atoms with van der Waals surface area (Å²) in [5, 5.41) is 2.82. The molecule has 12 aromatic rings. The lowest BCUT2D eigenvalue weighted by atomic mass is 9.98. The third kappa shape index (κ3) is 6.81. The molecule has 0 bridgehead atoms. The molecule has 12 rings (SSSR count). The predicted octanol–water partition coefficient (Wildman–Crippen LogP) is 16.3. The fourth-order valence-electron chi connectivity index (χ4n) is 9.75. The largest absolute Gasteiger partial charge is 0.420 e. The van der Waals surface area contributed by atoms with E-state index in [0.29, 0.717) is 43.6 Å². The lowest BCUT2D eigenvalue weighted by Gasteiger charge is -2.23. The minimum absolute atomic E-state index is 0.0638. The summed E-state index contributed by atoms with van der Waals surface area (Å²) in [5.41, 5.74) is 6.25. The first-order valence-electron chi connectivity index (χ1n) is 22.0. The molecule has 4 nitrogen and oxygen atoms in total. The zero-order valence-electron chi connectivity index (χ0n) is 35.9. The first-order chi connectivity index (χ1) is 33.2. The van der Waals surface area contributed by atoms with E-state index in [1.807, 2.05) is 146 Å². The number of benzene rings is 8. The van der Waals surface area contributed by atoms with Crippen molar-refractivity contribution in [2.24, 2.45) is 0 Å². The molecule has 0 unspecified atom stereocenters. The molecule has 68 heavy (non-hydrogen) atoms. The van der Waals surface area contributed by atoms with Gasteiger partial charge >= 0.3 is 6.18 Å². The number of para-hydroxylation sites is 2. The monoisotopic (exact) mass is 894 g/mol. The summed E-state index contributed by atoms with van der Waals surface area (Å²) in [7, 11) is 0. The van der Waals surface area contributed by atoms with Crippen LogP contribution < -0.4 is 0 Å². The molecule has 0 aliphatic rings. The molecule has 0 aliphatic heterocycles. The first-order valence-corrected chi connectivity index (χ1v) is 22.0. The molecule has 8 aromatic carbocycles. The van der Waals surface area contributed by atoms with Gasteiger partial charge in [0.15, 0.2) is 0 Å². The first kappa shape index (κ1) is 40.8. The van der Waals surface area contributed by atoms with E-state index < -0.39 is 28.9 Å². The van der Waals surface area contributed by atoms with Crippen molar-refractivity contribution in [1.29, 1.82) is 0 Å². The van der Waals surface area contributed by atoms with E-state index in [0.717, 1.165) is 56.9 Å². The summed E-state index contributed by atoms with van der Waals surface area (Å²) in [4.78, 5) is 9.22. The van der Waals surface area contributed by atoms with Crippen molar-refractivity contribution < 1.29 is 22.0 Å². The van der Waals surface area contributed by atoms with Gasteiger partial charge in [0, 0.05) is 45.1 Å². The smallest absolute Gasteiger partial charge is 0.309 e. The van der Waals surface area contributed by atoms with E-state index in [1.54, 1.807) is 45.8 Å². The van der Waals surface area contributed by atoms with Crippen LogP contribution in [0.2, 0.25) is 0 Å². The number of pyridine rings is 2. The maximum atomic E-state index is 16.7. The molecule has 4 heterocycles. The Balaban J connectivity index is 1.17. The normalized spacial score (nSPS) is 11.9. The highest BCUT2D eigenvalue weighted by molar-refractivity contribution is 6.12. The highest BCUT2D eigenvalue weighted by atomic mass is 19.4. The van der Waals surface area contributed by atoms with Gasteiger partial charge in [0.2, 0.25) is 0 Å². The van der Waals surface area contributed by atoms with Crippen LogP contribution in [0, 0.1) is 11.6 Å². The average molecular weight is 895 g/mol. The molecule has 0 fully saturated rings. The van der Waals surface area contributed by atoms with Gasteiger partial charge in [-0.15, -0.1) is 0 Å². The van der Waals surface area contributed by atoms with Gasteiger partial charge in [0.05, 0.1) is 50.4 Å². The molecule has 0 spiro atoms. The highest BCUT2D eigenvalue weighted by Gasteiger charge is 2.40. The van der Waals surface area contributed by atoms with E-state index in [9.17, 15) is 0 Å². The van der Waals surface area contributed by atoms with Crippen LogP contribution in [0.15, 0.2) is 213 Å². The third-order valence-corrected chi connectivity index (χ3v) is 12.8. The fourth-order valence-corrected chi connectivity index (χ4v) is 9.75. The fraction of sp³-hybridized carbons (Fsp3) is 0.0169. The minimum atomic E-state index is -4.99. The summed E-state index contributed by atoms with van der Waals surface area (Å²) in [6, 6.07) is 59.1. The van der Waals surface area contributed by atoms with Crippen LogP contribution >= 0.6 is 0 Å². The summed E-state index contributed by atoms with van der Waals surface area (Å²) < 4.78 is 85.5. The molecule has 0 radical (unpaired) electrons. The molecule has 326 valence electrons. The second kappa shape index (κ2) is 16.0. The van der Waals surface area contributed by atoms with Gasteiger partial charge in [-0.2, -0.15) is 13.2 Å². The van der Waals surface area contributed by atoms with E-state index in [4.69, 9.17) is 0 Å². The van der Waals surface area contributed by atoms with Crippen LogP contribution in [0.4, 0.5) is 22.0 Å². The quantitative estimate of drug-likeness (QED) is 0.149. The van der Waals surface area contributed by atoms with Crippen LogP contribution in [0.5, 0.6) is 0 Å². The second-order valence-corrected chi connectivity index (χ2v) is 16.7. The van der Waals surface area contributed by atoms with Crippen molar-refractivity contribution >= 4 is 43.6 Å². The minimum Gasteiger partial charge on any atom is -0.309 e. The van der Waals surface area contributed by atoms with Gasteiger partial charge in [-0.1, -0.05) is 127 Å².